The number of benzene rings is 2. The Bertz CT molecular complexity index is 2740. The lowest BCUT2D eigenvalue weighted by Gasteiger charge is -2.43. The van der Waals surface area contributed by atoms with E-state index < -0.39 is 132 Å². The third-order valence-electron chi connectivity index (χ3n) is 15.6. The highest BCUT2D eigenvalue weighted by atomic mass is 16.6. The van der Waals surface area contributed by atoms with Crippen molar-refractivity contribution in [1.29, 1.82) is 0 Å². The van der Waals surface area contributed by atoms with E-state index >= 15 is 4.79 Å². The minimum Gasteiger partial charge on any atom is -0.508 e. The molecule has 11 unspecified atom stereocenters. The number of hydrogen-bond donors (Lipinski definition) is 7. The maximum atomic E-state index is 15.1. The molecule has 2 bridgehead atoms. The monoisotopic (exact) mass is 1160 g/mol. The maximum absolute atomic E-state index is 15.1. The molecule has 0 spiro atoms. The van der Waals surface area contributed by atoms with Crippen molar-refractivity contribution in [2.75, 3.05) is 20.1 Å². The van der Waals surface area contributed by atoms with Crippen molar-refractivity contribution in [3.05, 3.63) is 77.5 Å². The third kappa shape index (κ3) is 16.0. The number of aliphatic hydroxyl groups excluding tert-OH is 1. The lowest BCUT2D eigenvalue weighted by atomic mass is 9.95. The summed E-state index contributed by atoms with van der Waals surface area (Å²) in [6.07, 6.45) is -1.23. The van der Waals surface area contributed by atoms with Crippen LogP contribution in [0.3, 0.4) is 0 Å². The van der Waals surface area contributed by atoms with Crippen molar-refractivity contribution in [2.24, 2.45) is 5.92 Å². The predicted molar refractivity (Wildman–Crippen MR) is 299 cm³/mol. The van der Waals surface area contributed by atoms with Crippen molar-refractivity contribution in [3.63, 3.8) is 0 Å². The van der Waals surface area contributed by atoms with Gasteiger partial charge in [0.2, 0.25) is 41.4 Å². The van der Waals surface area contributed by atoms with Gasteiger partial charge in [0.25, 0.3) is 11.8 Å². The number of fused-ring (bicyclic) bond motifs is 2. The number of esters is 2. The Balaban J connectivity index is 1.40. The van der Waals surface area contributed by atoms with Crippen LogP contribution in [0.5, 0.6) is 5.75 Å². The molecule has 24 nitrogen and oxygen atoms in total. The number of hydrogen-bond acceptors (Lipinski definition) is 15. The zero-order chi connectivity index (χ0) is 60.8. The van der Waals surface area contributed by atoms with Gasteiger partial charge >= 0.3 is 11.9 Å². The van der Waals surface area contributed by atoms with Gasteiger partial charge in [0, 0.05) is 45.8 Å². The maximum Gasteiger partial charge on any atom is 0.329 e. The molecule has 452 valence electrons. The van der Waals surface area contributed by atoms with Crippen molar-refractivity contribution in [3.8, 4) is 5.75 Å². The number of nitrogens with zero attached hydrogens (tertiary/aromatic N) is 4. The fourth-order valence-electron chi connectivity index (χ4n) is 10.9. The Kier molecular flexibility index (Phi) is 22.8. The minimum absolute atomic E-state index is 0.0758. The normalized spacial score (nSPS) is 26.2. The number of likely N-dealkylation sites (N-methyl/N-ethyl adjacent to an activating group) is 1. The number of piperidine rings is 1. The van der Waals surface area contributed by atoms with Crippen LogP contribution >= 0.6 is 0 Å². The Hall–Kier alpha value is -7.89. The molecule has 11 atom stereocenters. The highest BCUT2D eigenvalue weighted by molar-refractivity contribution is 6.03. The molecule has 4 aliphatic rings. The number of likely N-dealkylation sites (tertiary alicyclic amines) is 2. The third-order valence-corrected chi connectivity index (χ3v) is 15.6. The van der Waals surface area contributed by atoms with Crippen molar-refractivity contribution in [1.82, 2.24) is 46.2 Å². The second-order valence-electron chi connectivity index (χ2n) is 22.0. The van der Waals surface area contributed by atoms with Crippen LogP contribution in [0.1, 0.15) is 124 Å². The molecule has 83 heavy (non-hydrogen) atoms. The number of rotatable bonds is 16. The van der Waals surface area contributed by atoms with Gasteiger partial charge in [-0.05, 0) is 101 Å². The van der Waals surface area contributed by atoms with E-state index in [4.69, 9.17) is 9.47 Å². The zero-order valence-electron chi connectivity index (χ0n) is 48.6. The summed E-state index contributed by atoms with van der Waals surface area (Å²) in [5.41, 5.74) is 0.618. The van der Waals surface area contributed by atoms with E-state index in [9.17, 15) is 58.2 Å². The summed E-state index contributed by atoms with van der Waals surface area (Å²) < 4.78 is 11.8. The molecule has 0 aromatic heterocycles. The van der Waals surface area contributed by atoms with E-state index in [0.717, 1.165) is 9.80 Å². The molecule has 0 aliphatic carbocycles. The molecule has 24 heteroatoms. The fraction of sp³-hybridized carbons (Fsp3) is 0.576. The zero-order valence-corrected chi connectivity index (χ0v) is 48.6. The van der Waals surface area contributed by atoms with Crippen LogP contribution in [0, 0.1) is 5.92 Å². The van der Waals surface area contributed by atoms with Crippen LogP contribution in [0.2, 0.25) is 0 Å². The highest BCUT2D eigenvalue weighted by Crippen LogP contribution is 2.27. The number of ether oxygens (including phenoxy) is 2. The van der Waals surface area contributed by atoms with Gasteiger partial charge in [0.05, 0.1) is 0 Å². The van der Waals surface area contributed by atoms with E-state index in [0.29, 0.717) is 43.4 Å². The largest absolute Gasteiger partial charge is 0.508 e. The number of cyclic esters (lactones) is 1. The number of phenols is 1. The molecule has 4 aliphatic heterocycles. The average molecular weight is 1160 g/mol. The number of phenolic OH excluding ortho intramolecular Hbond substituents is 1. The first kappa shape index (κ1) is 64.3. The summed E-state index contributed by atoms with van der Waals surface area (Å²) in [7, 11) is 1.34. The predicted octanol–water partition coefficient (Wildman–Crippen LogP) is 1.39. The summed E-state index contributed by atoms with van der Waals surface area (Å²) in [5.74, 6) is -9.90. The van der Waals surface area contributed by atoms with E-state index in [1.807, 2.05) is 13.8 Å². The number of allylic oxidation sites excluding steroid dienone is 1. The standard InChI is InChI=1S/C59H81N9O15/c1-9-17-45(70)66-29-15-21-41(66)52(74)63-50(34(6)82-58(80)42-22-16-30-67(42)46(71)18-10-2)55(77)64-49-35(7)83-59(81)48(33(4)5)62-53(75)43(31-37-23-25-38(69)26-24-37)65(8)57(79)44(32-36-19-13-12-14-20-36)68-47(72)28-27-40(56(68)78)61-51(73)39(11-3)60-54(49)76/h11-14,19-20,23-26,33-35,40-44,47-50,69,72H,9-10,15-18,21-22,27-32H2,1-8H3,(H,60,76)(H,61,73)(H,62,75)(H,63,74)(H,64,77). The molecule has 4 fully saturated rings. The number of aliphatic hydroxyl groups is 1. The van der Waals surface area contributed by atoms with Crippen LogP contribution in [-0.4, -0.2) is 182 Å². The van der Waals surface area contributed by atoms with Gasteiger partial charge in [0.15, 0.2) is 0 Å². The van der Waals surface area contributed by atoms with E-state index in [1.165, 1.54) is 68.0 Å². The summed E-state index contributed by atoms with van der Waals surface area (Å²) in [4.78, 5) is 163. The van der Waals surface area contributed by atoms with Crippen LogP contribution in [0.15, 0.2) is 66.4 Å². The van der Waals surface area contributed by atoms with Gasteiger partial charge in [0.1, 0.15) is 78.2 Å². The topological polar surface area (TPSA) is 320 Å². The lowest BCUT2D eigenvalue weighted by Crippen LogP contribution is -2.64. The molecule has 4 saturated heterocycles. The molecular formula is C59H81N9O15. The summed E-state index contributed by atoms with van der Waals surface area (Å²) >= 11 is 0. The second-order valence-corrected chi connectivity index (χ2v) is 22.0. The first-order valence-corrected chi connectivity index (χ1v) is 28.8. The smallest absolute Gasteiger partial charge is 0.329 e. The Morgan fingerprint density at radius 1 is 0.771 bits per heavy atom. The minimum atomic E-state index is -1.94. The summed E-state index contributed by atoms with van der Waals surface area (Å²) in [6.45, 7) is 11.4. The molecule has 6 rings (SSSR count). The molecule has 2 aromatic carbocycles. The average Bonchev–Trinajstić information content (AvgIpc) is 4.34. The van der Waals surface area contributed by atoms with Gasteiger partial charge in [-0.15, -0.1) is 0 Å². The Morgan fingerprint density at radius 2 is 1.36 bits per heavy atom. The highest BCUT2D eigenvalue weighted by Gasteiger charge is 2.47. The quantitative estimate of drug-likeness (QED) is 0.0923. The van der Waals surface area contributed by atoms with Gasteiger partial charge in [-0.1, -0.05) is 76.2 Å². The van der Waals surface area contributed by atoms with Gasteiger partial charge < -0.3 is 65.9 Å². The van der Waals surface area contributed by atoms with E-state index in [2.05, 4.69) is 26.6 Å². The first-order valence-electron chi connectivity index (χ1n) is 28.8. The van der Waals surface area contributed by atoms with E-state index in [1.54, 1.807) is 44.2 Å². The van der Waals surface area contributed by atoms with Crippen LogP contribution in [0.25, 0.3) is 0 Å². The van der Waals surface area contributed by atoms with Crippen molar-refractivity contribution >= 4 is 65.1 Å². The Morgan fingerprint density at radius 3 is 1.96 bits per heavy atom. The summed E-state index contributed by atoms with van der Waals surface area (Å²) in [6, 6.07) is 2.94. The van der Waals surface area contributed by atoms with Gasteiger partial charge in [-0.25, -0.2) is 9.59 Å². The van der Waals surface area contributed by atoms with Crippen LogP contribution in [-0.2, 0) is 75.1 Å². The molecule has 7 N–H and O–H groups in total. The van der Waals surface area contributed by atoms with Crippen molar-refractivity contribution in [2.45, 2.75) is 192 Å². The van der Waals surface area contributed by atoms with E-state index in [-0.39, 0.29) is 75.5 Å². The molecule has 0 saturated carbocycles. The van der Waals surface area contributed by atoms with Gasteiger partial charge in [-0.3, -0.25) is 43.2 Å². The fourth-order valence-corrected chi connectivity index (χ4v) is 10.9. The molecule has 2 aromatic rings. The van der Waals surface area contributed by atoms with Crippen molar-refractivity contribution < 1.29 is 72.4 Å². The molecule has 0 radical (unpaired) electrons. The first-order chi connectivity index (χ1) is 39.5. The van der Waals surface area contributed by atoms with Crippen LogP contribution < -0.4 is 26.6 Å². The lowest BCUT2D eigenvalue weighted by molar-refractivity contribution is -0.165. The molecule has 4 heterocycles. The number of carbonyl (C=O) groups is 11. The number of amides is 9. The summed E-state index contributed by atoms with van der Waals surface area (Å²) in [5, 5.41) is 34.7. The molecular weight excluding hydrogens is 1070 g/mol. The number of nitrogens with one attached hydrogen (secondary N) is 5. The van der Waals surface area contributed by atoms with Crippen LogP contribution in [0.4, 0.5) is 0 Å². The second kappa shape index (κ2) is 29.4. The van der Waals surface area contributed by atoms with Gasteiger partial charge in [-0.2, -0.15) is 0 Å². The number of carbonyl (C=O) groups excluding carboxylic acids is 11. The SMILES string of the molecule is CC=C1NC(=O)C(NC(=O)C(NC(=O)C2CCCN2C(=O)CCC)C(C)OC(=O)C2CCCN2C(=O)CCC)C(C)OC(=O)C(C(C)C)NC(=O)C(Cc2ccc(O)cc2)N(C)C(=O)C(Cc2ccccc2)N2C(=O)C(CCC2O)NC1=O. The Labute approximate surface area is 483 Å². The molecule has 9 amide bonds. The number of aromatic hydroxyl groups is 1.